The third kappa shape index (κ3) is 2.59. The van der Waals surface area contributed by atoms with Crippen molar-refractivity contribution in [2.75, 3.05) is 18.0 Å². The van der Waals surface area contributed by atoms with Crippen molar-refractivity contribution < 1.29 is 4.79 Å². The first-order chi connectivity index (χ1) is 8.61. The van der Waals surface area contributed by atoms with E-state index in [1.54, 1.807) is 12.4 Å². The van der Waals surface area contributed by atoms with E-state index in [1.165, 1.54) is 0 Å². The van der Waals surface area contributed by atoms with Crippen LogP contribution in [0.1, 0.15) is 6.92 Å². The Morgan fingerprint density at radius 3 is 2.94 bits per heavy atom. The van der Waals surface area contributed by atoms with Gasteiger partial charge in [0.1, 0.15) is 5.52 Å². The number of hydrogen-bond acceptors (Lipinski definition) is 4. The molecular weight excluding hydrogens is 296 g/mol. The van der Waals surface area contributed by atoms with Gasteiger partial charge in [-0.05, 0) is 35.0 Å². The molecular formula is C12H13BrN4O. The van der Waals surface area contributed by atoms with Gasteiger partial charge in [0.25, 0.3) is 0 Å². The van der Waals surface area contributed by atoms with Crippen molar-refractivity contribution in [3.05, 3.63) is 29.0 Å². The minimum atomic E-state index is -0.362. The zero-order valence-electron chi connectivity index (χ0n) is 9.93. The summed E-state index contributed by atoms with van der Waals surface area (Å²) in [6.07, 6.45) is 3.42. The Balaban J connectivity index is 2.52. The Morgan fingerprint density at radius 2 is 2.28 bits per heavy atom. The van der Waals surface area contributed by atoms with Gasteiger partial charge in [0.2, 0.25) is 5.91 Å². The highest BCUT2D eigenvalue weighted by molar-refractivity contribution is 9.10. The van der Waals surface area contributed by atoms with E-state index in [-0.39, 0.29) is 12.5 Å². The summed E-state index contributed by atoms with van der Waals surface area (Å²) in [7, 11) is 0. The molecule has 0 aliphatic rings. The molecule has 0 aliphatic heterocycles. The summed E-state index contributed by atoms with van der Waals surface area (Å²) in [4.78, 5) is 21.6. The van der Waals surface area contributed by atoms with Crippen molar-refractivity contribution in [2.45, 2.75) is 6.92 Å². The standard InChI is InChI=1S/C12H13BrN4O/c1-2-17(7-11(14)18)10-3-4-15-9-5-8(13)6-16-12(9)10/h3-6H,2,7H2,1H3,(H2,14,18). The Kier molecular flexibility index (Phi) is 3.76. The molecule has 0 aromatic carbocycles. The summed E-state index contributed by atoms with van der Waals surface area (Å²) in [6, 6.07) is 3.74. The van der Waals surface area contributed by atoms with E-state index in [9.17, 15) is 4.79 Å². The highest BCUT2D eigenvalue weighted by atomic mass is 79.9. The molecule has 0 aliphatic carbocycles. The molecule has 94 valence electrons. The lowest BCUT2D eigenvalue weighted by Crippen LogP contribution is -2.33. The van der Waals surface area contributed by atoms with Crippen LogP contribution in [0.5, 0.6) is 0 Å². The second-order valence-corrected chi connectivity index (χ2v) is 4.75. The zero-order chi connectivity index (χ0) is 13.1. The number of primary amides is 1. The van der Waals surface area contributed by atoms with Gasteiger partial charge in [-0.2, -0.15) is 0 Å². The number of aromatic nitrogens is 2. The highest BCUT2D eigenvalue weighted by Crippen LogP contribution is 2.24. The Hall–Kier alpha value is -1.69. The number of amides is 1. The highest BCUT2D eigenvalue weighted by Gasteiger charge is 2.12. The number of pyridine rings is 2. The fourth-order valence-electron chi connectivity index (χ4n) is 1.80. The fourth-order valence-corrected chi connectivity index (χ4v) is 2.12. The quantitative estimate of drug-likeness (QED) is 0.933. The van der Waals surface area contributed by atoms with Gasteiger partial charge in [-0.3, -0.25) is 14.8 Å². The van der Waals surface area contributed by atoms with Crippen molar-refractivity contribution >= 4 is 38.6 Å². The van der Waals surface area contributed by atoms with Gasteiger partial charge in [0.05, 0.1) is 17.7 Å². The summed E-state index contributed by atoms with van der Waals surface area (Å²) in [5.74, 6) is -0.362. The third-order valence-corrected chi connectivity index (χ3v) is 3.03. The first kappa shape index (κ1) is 12.8. The lowest BCUT2D eigenvalue weighted by molar-refractivity contribution is -0.116. The molecule has 2 heterocycles. The summed E-state index contributed by atoms with van der Waals surface area (Å²) in [5.41, 5.74) is 7.67. The minimum Gasteiger partial charge on any atom is -0.368 e. The van der Waals surface area contributed by atoms with Gasteiger partial charge in [0.15, 0.2) is 0 Å². The van der Waals surface area contributed by atoms with Crippen molar-refractivity contribution in [1.29, 1.82) is 0 Å². The number of nitrogens with zero attached hydrogens (tertiary/aromatic N) is 3. The maximum Gasteiger partial charge on any atom is 0.236 e. The van der Waals surface area contributed by atoms with E-state index >= 15 is 0 Å². The molecule has 0 atom stereocenters. The van der Waals surface area contributed by atoms with Crippen LogP contribution in [0, 0.1) is 0 Å². The van der Waals surface area contributed by atoms with E-state index in [4.69, 9.17) is 5.73 Å². The van der Waals surface area contributed by atoms with Crippen LogP contribution in [0.25, 0.3) is 11.0 Å². The second kappa shape index (κ2) is 5.30. The number of halogens is 1. The second-order valence-electron chi connectivity index (χ2n) is 3.83. The molecule has 2 aromatic heterocycles. The smallest absolute Gasteiger partial charge is 0.236 e. The average Bonchev–Trinajstić information content (AvgIpc) is 2.34. The summed E-state index contributed by atoms with van der Waals surface area (Å²) < 4.78 is 0.873. The summed E-state index contributed by atoms with van der Waals surface area (Å²) in [5, 5.41) is 0. The molecule has 0 saturated carbocycles. The number of likely N-dealkylation sites (N-methyl/N-ethyl adjacent to an activating group) is 1. The molecule has 2 rings (SSSR count). The van der Waals surface area contributed by atoms with Crippen LogP contribution in [-0.4, -0.2) is 29.0 Å². The summed E-state index contributed by atoms with van der Waals surface area (Å²) in [6.45, 7) is 2.82. The van der Waals surface area contributed by atoms with Crippen LogP contribution < -0.4 is 10.6 Å². The Bertz CT molecular complexity index is 587. The van der Waals surface area contributed by atoms with Gasteiger partial charge in [0, 0.05) is 23.4 Å². The number of hydrogen-bond donors (Lipinski definition) is 1. The van der Waals surface area contributed by atoms with Gasteiger partial charge < -0.3 is 10.6 Å². The molecule has 2 N–H and O–H groups in total. The maximum absolute atomic E-state index is 11.1. The first-order valence-electron chi connectivity index (χ1n) is 5.55. The van der Waals surface area contributed by atoms with Crippen LogP contribution in [0.3, 0.4) is 0 Å². The molecule has 0 saturated heterocycles. The number of fused-ring (bicyclic) bond motifs is 1. The Morgan fingerprint density at radius 1 is 1.50 bits per heavy atom. The molecule has 0 spiro atoms. The number of nitrogens with two attached hydrogens (primary N) is 1. The van der Waals surface area contributed by atoms with Crippen LogP contribution in [0.4, 0.5) is 5.69 Å². The van der Waals surface area contributed by atoms with E-state index in [1.807, 2.05) is 24.0 Å². The van der Waals surface area contributed by atoms with Crippen LogP contribution in [-0.2, 0) is 4.79 Å². The normalized spacial score (nSPS) is 10.6. The van der Waals surface area contributed by atoms with E-state index in [0.717, 1.165) is 21.2 Å². The summed E-state index contributed by atoms with van der Waals surface area (Å²) >= 11 is 3.36. The molecule has 6 heteroatoms. The van der Waals surface area contributed by atoms with Crippen molar-refractivity contribution in [2.24, 2.45) is 5.73 Å². The van der Waals surface area contributed by atoms with Crippen molar-refractivity contribution in [3.8, 4) is 0 Å². The van der Waals surface area contributed by atoms with Gasteiger partial charge in [-0.15, -0.1) is 0 Å². The van der Waals surface area contributed by atoms with Crippen LogP contribution >= 0.6 is 15.9 Å². The predicted molar refractivity (Wildman–Crippen MR) is 74.3 cm³/mol. The zero-order valence-corrected chi connectivity index (χ0v) is 11.5. The molecule has 5 nitrogen and oxygen atoms in total. The van der Waals surface area contributed by atoms with Crippen molar-refractivity contribution in [1.82, 2.24) is 9.97 Å². The fraction of sp³-hybridized carbons (Fsp3) is 0.250. The predicted octanol–water partition coefficient (Wildman–Crippen LogP) is 1.70. The SMILES string of the molecule is CCN(CC(N)=O)c1ccnc2cc(Br)cnc12. The van der Waals surface area contributed by atoms with E-state index in [2.05, 4.69) is 25.9 Å². The molecule has 0 fully saturated rings. The van der Waals surface area contributed by atoms with Gasteiger partial charge >= 0.3 is 0 Å². The lowest BCUT2D eigenvalue weighted by Gasteiger charge is -2.22. The molecule has 2 aromatic rings. The molecule has 1 amide bonds. The number of anilines is 1. The minimum absolute atomic E-state index is 0.174. The topological polar surface area (TPSA) is 72.1 Å². The lowest BCUT2D eigenvalue weighted by atomic mass is 10.2. The number of rotatable bonds is 4. The number of carbonyl (C=O) groups excluding carboxylic acids is 1. The molecule has 18 heavy (non-hydrogen) atoms. The largest absolute Gasteiger partial charge is 0.368 e. The van der Waals surface area contributed by atoms with Crippen molar-refractivity contribution in [3.63, 3.8) is 0 Å². The van der Waals surface area contributed by atoms with Crippen LogP contribution in [0.15, 0.2) is 29.0 Å². The van der Waals surface area contributed by atoms with Gasteiger partial charge in [-0.25, -0.2) is 0 Å². The molecule has 0 radical (unpaired) electrons. The average molecular weight is 309 g/mol. The Labute approximate surface area is 113 Å². The monoisotopic (exact) mass is 308 g/mol. The van der Waals surface area contributed by atoms with Gasteiger partial charge in [-0.1, -0.05) is 0 Å². The number of carbonyl (C=O) groups is 1. The third-order valence-electron chi connectivity index (χ3n) is 2.59. The van der Waals surface area contributed by atoms with Crippen LogP contribution in [0.2, 0.25) is 0 Å². The maximum atomic E-state index is 11.1. The first-order valence-corrected chi connectivity index (χ1v) is 6.34. The van der Waals surface area contributed by atoms with E-state index in [0.29, 0.717) is 6.54 Å². The molecule has 0 unspecified atom stereocenters. The van der Waals surface area contributed by atoms with E-state index < -0.39 is 0 Å². The molecule has 0 bridgehead atoms.